The number of aromatic hydroxyl groups is 1. The molecule has 0 bridgehead atoms. The number of carbonyl (C=O) groups excluding carboxylic acids is 1. The fraction of sp³-hybridized carbons (Fsp3) is 0.136. The molecule has 4 aromatic rings. The van der Waals surface area contributed by atoms with Gasteiger partial charge >= 0.3 is 6.18 Å². The van der Waals surface area contributed by atoms with Gasteiger partial charge < -0.3 is 10.4 Å². The number of benzene rings is 1. The Bertz CT molecular complexity index is 1570. The number of carbonyl (C=O) groups is 1. The molecule has 0 saturated heterocycles. The third-order valence-corrected chi connectivity index (χ3v) is 5.61. The molecule has 0 spiro atoms. The summed E-state index contributed by atoms with van der Waals surface area (Å²) in [5.74, 6) is -2.28. The monoisotopic (exact) mass is 541 g/mol. The van der Waals surface area contributed by atoms with Gasteiger partial charge in [0.1, 0.15) is 28.5 Å². The van der Waals surface area contributed by atoms with Gasteiger partial charge in [0.05, 0.1) is 28.3 Å². The van der Waals surface area contributed by atoms with E-state index < -0.39 is 46.6 Å². The number of hydrogen-bond donors (Lipinski definition) is 2. The topological polar surface area (TPSA) is 110 Å². The lowest BCUT2D eigenvalue weighted by Crippen LogP contribution is -2.27. The molecule has 0 radical (unpaired) electrons. The average molecular weight is 542 g/mol. The molecule has 0 atom stereocenters. The molecule has 14 heteroatoms. The molecule has 0 aliphatic heterocycles. The third kappa shape index (κ3) is 4.82. The summed E-state index contributed by atoms with van der Waals surface area (Å²) in [6.07, 6.45) is -4.69. The van der Waals surface area contributed by atoms with Crippen molar-refractivity contribution in [2.75, 3.05) is 5.32 Å². The SMILES string of the molecule is Cc1nc2c(F)ccc(NC(=O)c3cc(Cl)c(O)c(Cl)n3)c2c(=O)n1Cc1cccc(C(F)(F)F)n1. The molecule has 1 aromatic carbocycles. The summed E-state index contributed by atoms with van der Waals surface area (Å²) >= 11 is 11.6. The van der Waals surface area contributed by atoms with Gasteiger partial charge in [0.2, 0.25) is 0 Å². The first-order valence-corrected chi connectivity index (χ1v) is 10.7. The largest absolute Gasteiger partial charge is 0.504 e. The van der Waals surface area contributed by atoms with Gasteiger partial charge in [-0.3, -0.25) is 14.2 Å². The number of nitrogens with one attached hydrogen (secondary N) is 1. The maximum atomic E-state index is 14.5. The van der Waals surface area contributed by atoms with Crippen molar-refractivity contribution in [1.29, 1.82) is 0 Å². The Kier molecular flexibility index (Phi) is 6.58. The van der Waals surface area contributed by atoms with E-state index in [0.29, 0.717) is 0 Å². The highest BCUT2D eigenvalue weighted by Crippen LogP contribution is 2.31. The second-order valence-corrected chi connectivity index (χ2v) is 8.23. The van der Waals surface area contributed by atoms with Crippen molar-refractivity contribution in [2.45, 2.75) is 19.6 Å². The Morgan fingerprint density at radius 2 is 1.86 bits per heavy atom. The van der Waals surface area contributed by atoms with Crippen LogP contribution in [0.3, 0.4) is 0 Å². The minimum Gasteiger partial charge on any atom is -0.504 e. The molecule has 2 N–H and O–H groups in total. The second kappa shape index (κ2) is 9.36. The summed E-state index contributed by atoms with van der Waals surface area (Å²) in [5, 5.41) is 11.0. The van der Waals surface area contributed by atoms with Crippen LogP contribution in [0.4, 0.5) is 23.2 Å². The fourth-order valence-electron chi connectivity index (χ4n) is 3.35. The van der Waals surface area contributed by atoms with Gasteiger partial charge in [0.25, 0.3) is 11.5 Å². The molecular weight excluding hydrogens is 529 g/mol. The van der Waals surface area contributed by atoms with Crippen molar-refractivity contribution in [3.05, 3.63) is 85.7 Å². The maximum absolute atomic E-state index is 14.5. The fourth-order valence-corrected chi connectivity index (χ4v) is 3.79. The van der Waals surface area contributed by atoms with Crippen LogP contribution in [0.15, 0.2) is 41.2 Å². The number of nitrogens with zero attached hydrogens (tertiary/aromatic N) is 4. The first-order chi connectivity index (χ1) is 16.9. The molecule has 8 nitrogen and oxygen atoms in total. The van der Waals surface area contributed by atoms with Crippen molar-refractivity contribution in [1.82, 2.24) is 19.5 Å². The van der Waals surface area contributed by atoms with Gasteiger partial charge in [-0.1, -0.05) is 29.3 Å². The Balaban J connectivity index is 1.80. The van der Waals surface area contributed by atoms with E-state index in [2.05, 4.69) is 20.3 Å². The number of halogens is 6. The molecule has 4 rings (SSSR count). The van der Waals surface area contributed by atoms with Crippen LogP contribution in [0.5, 0.6) is 5.75 Å². The minimum absolute atomic E-state index is 0.00727. The van der Waals surface area contributed by atoms with Crippen LogP contribution >= 0.6 is 23.2 Å². The number of pyridine rings is 2. The first kappa shape index (κ1) is 25.3. The first-order valence-electron chi connectivity index (χ1n) is 9.96. The van der Waals surface area contributed by atoms with Gasteiger partial charge in [-0.15, -0.1) is 0 Å². The smallest absolute Gasteiger partial charge is 0.433 e. The molecule has 0 aliphatic carbocycles. The number of alkyl halides is 3. The van der Waals surface area contributed by atoms with Gasteiger partial charge in [0, 0.05) is 0 Å². The number of aromatic nitrogens is 4. The zero-order valence-corrected chi connectivity index (χ0v) is 19.5. The quantitative estimate of drug-likeness (QED) is 0.279. The van der Waals surface area contributed by atoms with E-state index in [9.17, 15) is 32.3 Å². The molecule has 3 heterocycles. The predicted molar refractivity (Wildman–Crippen MR) is 123 cm³/mol. The Labute approximate surface area is 209 Å². The number of rotatable bonds is 4. The molecule has 0 unspecified atom stereocenters. The van der Waals surface area contributed by atoms with Crippen molar-refractivity contribution in [3.63, 3.8) is 0 Å². The standard InChI is InChI=1S/C22H13Cl2F4N5O3/c1-9-29-17-12(25)5-6-13(32-20(35)14-7-11(23)18(34)19(24)31-14)16(17)21(36)33(9)8-10-3-2-4-15(30-10)22(26,27)28/h2-7,34H,8H2,1H3,(H,32,35). The van der Waals surface area contributed by atoms with E-state index in [1.165, 1.54) is 13.0 Å². The Hall–Kier alpha value is -3.77. The summed E-state index contributed by atoms with van der Waals surface area (Å²) in [6.45, 7) is 0.982. The summed E-state index contributed by atoms with van der Waals surface area (Å²) in [7, 11) is 0. The Morgan fingerprint density at radius 3 is 2.53 bits per heavy atom. The molecular formula is C22H13Cl2F4N5O3. The average Bonchev–Trinajstić information content (AvgIpc) is 2.81. The van der Waals surface area contributed by atoms with E-state index in [1.807, 2.05) is 0 Å². The third-order valence-electron chi connectivity index (χ3n) is 5.05. The van der Waals surface area contributed by atoms with E-state index >= 15 is 0 Å². The lowest BCUT2D eigenvalue weighted by atomic mass is 10.1. The van der Waals surface area contributed by atoms with E-state index in [4.69, 9.17) is 23.2 Å². The summed E-state index contributed by atoms with van der Waals surface area (Å²) in [5.41, 5.74) is -2.89. The number of aryl methyl sites for hydroxylation is 1. The summed E-state index contributed by atoms with van der Waals surface area (Å²) in [4.78, 5) is 37.4. The van der Waals surface area contributed by atoms with Crippen molar-refractivity contribution >= 4 is 45.7 Å². The normalized spacial score (nSPS) is 11.6. The highest BCUT2D eigenvalue weighted by molar-refractivity contribution is 6.36. The lowest BCUT2D eigenvalue weighted by molar-refractivity contribution is -0.141. The highest BCUT2D eigenvalue weighted by atomic mass is 35.5. The van der Waals surface area contributed by atoms with Crippen LogP contribution in [0.25, 0.3) is 10.9 Å². The number of hydrogen-bond acceptors (Lipinski definition) is 6. The van der Waals surface area contributed by atoms with Crippen molar-refractivity contribution in [2.24, 2.45) is 0 Å². The van der Waals surface area contributed by atoms with Gasteiger partial charge in [0.15, 0.2) is 10.9 Å². The molecule has 0 fully saturated rings. The van der Waals surface area contributed by atoms with Crippen LogP contribution in [-0.2, 0) is 12.7 Å². The maximum Gasteiger partial charge on any atom is 0.433 e. The van der Waals surface area contributed by atoms with Crippen LogP contribution in [0, 0.1) is 12.7 Å². The van der Waals surface area contributed by atoms with E-state index in [-0.39, 0.29) is 38.8 Å². The van der Waals surface area contributed by atoms with Gasteiger partial charge in [-0.05, 0) is 37.3 Å². The van der Waals surface area contributed by atoms with Crippen molar-refractivity contribution in [3.8, 4) is 5.75 Å². The molecule has 36 heavy (non-hydrogen) atoms. The van der Waals surface area contributed by atoms with Crippen LogP contribution in [0.1, 0.15) is 27.7 Å². The van der Waals surface area contributed by atoms with Gasteiger partial charge in [-0.2, -0.15) is 13.2 Å². The zero-order valence-electron chi connectivity index (χ0n) is 18.0. The second-order valence-electron chi connectivity index (χ2n) is 7.46. The minimum atomic E-state index is -4.69. The number of amides is 1. The molecule has 0 aliphatic rings. The van der Waals surface area contributed by atoms with Crippen LogP contribution in [0.2, 0.25) is 10.2 Å². The van der Waals surface area contributed by atoms with Crippen LogP contribution < -0.4 is 10.9 Å². The Morgan fingerprint density at radius 1 is 1.14 bits per heavy atom. The number of fused-ring (bicyclic) bond motifs is 1. The zero-order chi connectivity index (χ0) is 26.4. The van der Waals surface area contributed by atoms with E-state index in [0.717, 1.165) is 34.9 Å². The summed E-state index contributed by atoms with van der Waals surface area (Å²) in [6, 6.07) is 6.35. The van der Waals surface area contributed by atoms with Gasteiger partial charge in [-0.25, -0.2) is 19.3 Å². The van der Waals surface area contributed by atoms with Crippen molar-refractivity contribution < 1.29 is 27.5 Å². The van der Waals surface area contributed by atoms with Crippen LogP contribution in [-0.4, -0.2) is 30.5 Å². The highest BCUT2D eigenvalue weighted by Gasteiger charge is 2.32. The summed E-state index contributed by atoms with van der Waals surface area (Å²) < 4.78 is 54.7. The lowest BCUT2D eigenvalue weighted by Gasteiger charge is -2.14. The molecule has 1 amide bonds. The predicted octanol–water partition coefficient (Wildman–Crippen LogP) is 4.97. The number of anilines is 1. The molecule has 0 saturated carbocycles. The molecule has 3 aromatic heterocycles. The van der Waals surface area contributed by atoms with E-state index in [1.54, 1.807) is 0 Å². The molecule has 186 valence electrons.